The zero-order valence-electron chi connectivity index (χ0n) is 18.9. The van der Waals surface area contributed by atoms with Gasteiger partial charge in [-0.25, -0.2) is 0 Å². The van der Waals surface area contributed by atoms with Crippen molar-refractivity contribution in [3.8, 4) is 0 Å². The molecule has 1 saturated carbocycles. The summed E-state index contributed by atoms with van der Waals surface area (Å²) in [5, 5.41) is 11.7. The molecule has 1 rings (SSSR count). The fraction of sp³-hybridized carbons (Fsp3) is 1.00. The van der Waals surface area contributed by atoms with E-state index in [4.69, 9.17) is 0 Å². The van der Waals surface area contributed by atoms with Crippen LogP contribution in [0.4, 0.5) is 0 Å². The van der Waals surface area contributed by atoms with Gasteiger partial charge in [0, 0.05) is 0 Å². The van der Waals surface area contributed by atoms with Crippen molar-refractivity contribution in [2.45, 2.75) is 96.1 Å². The van der Waals surface area contributed by atoms with Crippen LogP contribution in [0.5, 0.6) is 0 Å². The van der Waals surface area contributed by atoms with Gasteiger partial charge < -0.3 is 5.11 Å². The normalized spacial score (nSPS) is 36.8. The minimum absolute atomic E-state index is 0.109. The van der Waals surface area contributed by atoms with Gasteiger partial charge >= 0.3 is 0 Å². The van der Waals surface area contributed by atoms with E-state index in [0.717, 1.165) is 0 Å². The summed E-state index contributed by atoms with van der Waals surface area (Å²) in [5.74, 6) is 2.30. The number of aliphatic hydroxyl groups excluding tert-OH is 1. The van der Waals surface area contributed by atoms with Crippen LogP contribution in [0.1, 0.15) is 90.0 Å². The Morgan fingerprint density at radius 2 is 0.667 bits per heavy atom. The van der Waals surface area contributed by atoms with E-state index in [-0.39, 0.29) is 27.8 Å². The van der Waals surface area contributed by atoms with Gasteiger partial charge in [-0.1, -0.05) is 90.0 Å². The highest BCUT2D eigenvalue weighted by molar-refractivity contribution is 5.07. The van der Waals surface area contributed by atoms with Crippen molar-refractivity contribution >= 4 is 0 Å². The van der Waals surface area contributed by atoms with E-state index in [2.05, 4.69) is 90.0 Å². The molecule has 0 aromatic carbocycles. The third-order valence-electron chi connectivity index (χ3n) is 6.64. The lowest BCUT2D eigenvalue weighted by Crippen LogP contribution is -2.61. The largest absolute Gasteiger partial charge is 0.392 e. The average Bonchev–Trinajstić information content (AvgIpc) is 2.24. The molecule has 1 heteroatoms. The van der Waals surface area contributed by atoms with Gasteiger partial charge in [0.05, 0.1) is 6.10 Å². The Kier molecular flexibility index (Phi) is 5.77. The number of rotatable bonds is 0. The Morgan fingerprint density at radius 3 is 0.833 bits per heavy atom. The van der Waals surface area contributed by atoms with Crippen molar-refractivity contribution in [3.05, 3.63) is 0 Å². The van der Waals surface area contributed by atoms with Gasteiger partial charge in [0.2, 0.25) is 0 Å². The van der Waals surface area contributed by atoms with Crippen LogP contribution < -0.4 is 0 Å². The fourth-order valence-corrected chi connectivity index (χ4v) is 6.28. The maximum Gasteiger partial charge on any atom is 0.0612 e. The Hall–Kier alpha value is -0.0400. The van der Waals surface area contributed by atoms with Gasteiger partial charge in [-0.05, 0) is 51.2 Å². The molecule has 0 bridgehead atoms. The molecule has 0 saturated heterocycles. The van der Waals surface area contributed by atoms with Crippen LogP contribution in [0.2, 0.25) is 0 Å². The lowest BCUT2D eigenvalue weighted by Gasteiger charge is -2.62. The van der Waals surface area contributed by atoms with Crippen molar-refractivity contribution in [1.82, 2.24) is 0 Å². The summed E-state index contributed by atoms with van der Waals surface area (Å²) in [7, 11) is 0. The first-order chi connectivity index (χ1) is 10.3. The second-order valence-corrected chi connectivity index (χ2v) is 12.9. The van der Waals surface area contributed by atoms with Crippen LogP contribution in [0.3, 0.4) is 0 Å². The Morgan fingerprint density at radius 1 is 0.458 bits per heavy atom. The van der Waals surface area contributed by atoms with E-state index in [1.165, 1.54) is 0 Å². The summed E-state index contributed by atoms with van der Waals surface area (Å²) in [6.45, 7) is 30.6. The predicted molar refractivity (Wildman–Crippen MR) is 107 cm³/mol. The third kappa shape index (κ3) is 4.19. The highest BCUT2D eigenvalue weighted by Gasteiger charge is 2.59. The van der Waals surface area contributed by atoms with Crippen LogP contribution >= 0.6 is 0 Å². The molecule has 0 aliphatic heterocycles. The maximum atomic E-state index is 11.7. The molecule has 24 heavy (non-hydrogen) atoms. The highest BCUT2D eigenvalue weighted by atomic mass is 16.3. The van der Waals surface area contributed by atoms with Crippen LogP contribution in [0, 0.1) is 51.2 Å². The minimum Gasteiger partial charge on any atom is -0.392 e. The van der Waals surface area contributed by atoms with Gasteiger partial charge in [-0.3, -0.25) is 0 Å². The van der Waals surface area contributed by atoms with Gasteiger partial charge in [-0.15, -0.1) is 0 Å². The molecule has 1 fully saturated rings. The predicted octanol–water partition coefficient (Wildman–Crippen LogP) is 6.65. The second kappa shape index (κ2) is 6.29. The molecule has 1 nitrogen and oxygen atoms in total. The van der Waals surface area contributed by atoms with Crippen LogP contribution in [0.25, 0.3) is 0 Å². The quantitative estimate of drug-likeness (QED) is 0.524. The number of aliphatic hydroxyl groups is 1. The molecule has 0 heterocycles. The molecular formula is C23H46O. The van der Waals surface area contributed by atoms with Crippen molar-refractivity contribution < 1.29 is 5.11 Å². The van der Waals surface area contributed by atoms with Gasteiger partial charge in [0.25, 0.3) is 0 Å². The SMILES string of the molecule is CC1C(C(C)(C)C)C(C(C)(C)C)C(O)C(C(C)(C)C)C1C(C)(C)C. The number of hydrogen-bond donors (Lipinski definition) is 1. The molecule has 1 aliphatic rings. The van der Waals surface area contributed by atoms with Crippen molar-refractivity contribution in [2.24, 2.45) is 51.2 Å². The first-order valence-electron chi connectivity index (χ1n) is 9.99. The third-order valence-corrected chi connectivity index (χ3v) is 6.64. The zero-order valence-corrected chi connectivity index (χ0v) is 18.9. The first-order valence-corrected chi connectivity index (χ1v) is 9.99. The van der Waals surface area contributed by atoms with E-state index >= 15 is 0 Å². The molecule has 0 aromatic rings. The fourth-order valence-electron chi connectivity index (χ4n) is 6.28. The summed E-state index contributed by atoms with van der Waals surface area (Å²) < 4.78 is 0. The molecule has 1 aliphatic carbocycles. The van der Waals surface area contributed by atoms with Crippen molar-refractivity contribution in [3.63, 3.8) is 0 Å². The van der Waals surface area contributed by atoms with E-state index in [1.807, 2.05) is 0 Å². The molecule has 0 radical (unpaired) electrons. The molecule has 0 amide bonds. The van der Waals surface area contributed by atoms with Gasteiger partial charge in [0.15, 0.2) is 0 Å². The Bertz CT molecular complexity index is 339. The second-order valence-electron chi connectivity index (χ2n) is 12.9. The standard InChI is InChI=1S/C23H46O/c1-14-15(20(2,3)4)17(22(8,9)10)19(24)18(23(11,12)13)16(14)21(5,6)7/h14-19,24H,1-13H3. The first kappa shape index (κ1) is 22.0. The van der Waals surface area contributed by atoms with Crippen molar-refractivity contribution in [2.75, 3.05) is 0 Å². The molecule has 4 unspecified atom stereocenters. The van der Waals surface area contributed by atoms with Crippen LogP contribution in [-0.2, 0) is 0 Å². The van der Waals surface area contributed by atoms with Crippen LogP contribution in [0.15, 0.2) is 0 Å². The summed E-state index contributed by atoms with van der Waals surface area (Å²) in [6, 6.07) is 0. The minimum atomic E-state index is -0.241. The Balaban J connectivity index is 3.62. The monoisotopic (exact) mass is 338 g/mol. The molecular weight excluding hydrogens is 292 g/mol. The Labute approximate surface area is 153 Å². The summed E-state index contributed by atoms with van der Waals surface area (Å²) in [6.07, 6.45) is -0.241. The summed E-state index contributed by atoms with van der Waals surface area (Å²) in [5.41, 5.74) is 0.616. The molecule has 144 valence electrons. The molecule has 0 aromatic heterocycles. The van der Waals surface area contributed by atoms with Crippen LogP contribution in [-0.4, -0.2) is 11.2 Å². The lowest BCUT2D eigenvalue weighted by atomic mass is 9.44. The maximum absolute atomic E-state index is 11.7. The lowest BCUT2D eigenvalue weighted by molar-refractivity contribution is -0.190. The summed E-state index contributed by atoms with van der Waals surface area (Å²) in [4.78, 5) is 0. The molecule has 0 spiro atoms. The zero-order chi connectivity index (χ0) is 19.5. The molecule has 1 N–H and O–H groups in total. The smallest absolute Gasteiger partial charge is 0.0612 e. The van der Waals surface area contributed by atoms with E-state index in [1.54, 1.807) is 0 Å². The van der Waals surface area contributed by atoms with Crippen molar-refractivity contribution in [1.29, 1.82) is 0 Å². The summed E-state index contributed by atoms with van der Waals surface area (Å²) >= 11 is 0. The van der Waals surface area contributed by atoms with E-state index in [0.29, 0.717) is 29.6 Å². The van der Waals surface area contributed by atoms with E-state index in [9.17, 15) is 5.11 Å². The van der Waals surface area contributed by atoms with Gasteiger partial charge in [0.1, 0.15) is 0 Å². The average molecular weight is 339 g/mol. The van der Waals surface area contributed by atoms with E-state index < -0.39 is 0 Å². The molecule has 4 atom stereocenters. The highest BCUT2D eigenvalue weighted by Crippen LogP contribution is 2.61. The van der Waals surface area contributed by atoms with Gasteiger partial charge in [-0.2, -0.15) is 0 Å². The topological polar surface area (TPSA) is 20.2 Å². The number of hydrogen-bond acceptors (Lipinski definition) is 1.